The molecule has 0 bridgehead atoms. The fourth-order valence-corrected chi connectivity index (χ4v) is 1.45. The minimum absolute atomic E-state index is 0.0309. The van der Waals surface area contributed by atoms with Crippen LogP contribution in [0.2, 0.25) is 0 Å². The number of para-hydroxylation sites is 1. The summed E-state index contributed by atoms with van der Waals surface area (Å²) in [7, 11) is 0. The van der Waals surface area contributed by atoms with Gasteiger partial charge >= 0.3 is 0 Å². The maximum atomic E-state index is 11.9. The molecule has 7 nitrogen and oxygen atoms in total. The second kappa shape index (κ2) is 5.21. The van der Waals surface area contributed by atoms with Gasteiger partial charge in [0.25, 0.3) is 11.6 Å². The van der Waals surface area contributed by atoms with Crippen LogP contribution in [0.25, 0.3) is 0 Å². The van der Waals surface area contributed by atoms with Crippen LogP contribution in [-0.4, -0.2) is 20.8 Å². The van der Waals surface area contributed by atoms with Crippen LogP contribution in [0.3, 0.4) is 0 Å². The Morgan fingerprint density at radius 3 is 2.53 bits per heavy atom. The Balaban J connectivity index is 2.25. The third-order valence-corrected chi connectivity index (χ3v) is 2.35. The molecule has 1 heterocycles. The molecule has 0 aliphatic rings. The average Bonchev–Trinajstić information content (AvgIpc) is 2.41. The highest BCUT2D eigenvalue weighted by atomic mass is 16.6. The van der Waals surface area contributed by atoms with E-state index in [1.165, 1.54) is 18.2 Å². The van der Waals surface area contributed by atoms with Crippen molar-refractivity contribution < 1.29 is 9.72 Å². The zero-order chi connectivity index (χ0) is 13.8. The summed E-state index contributed by atoms with van der Waals surface area (Å²) in [5.74, 6) is -0.509. The van der Waals surface area contributed by atoms with Crippen molar-refractivity contribution in [2.45, 2.75) is 6.92 Å². The topological polar surface area (TPSA) is 98.0 Å². The molecule has 0 aliphatic carbocycles. The van der Waals surface area contributed by atoms with Gasteiger partial charge in [-0.1, -0.05) is 12.1 Å². The minimum atomic E-state index is -0.615. The van der Waals surface area contributed by atoms with E-state index in [0.717, 1.165) is 5.56 Å². The minimum Gasteiger partial charge on any atom is -0.290 e. The Kier molecular flexibility index (Phi) is 3.46. The monoisotopic (exact) mass is 258 g/mol. The Labute approximate surface area is 108 Å². The number of hydrogen-bond acceptors (Lipinski definition) is 5. The highest BCUT2D eigenvalue weighted by Crippen LogP contribution is 2.18. The number of amides is 1. The molecule has 1 N–H and O–H groups in total. The SMILES string of the molecule is Cc1cnc(NC(=O)c2ccccc2[N+](=O)[O-])nc1. The van der Waals surface area contributed by atoms with Gasteiger partial charge in [-0.2, -0.15) is 0 Å². The summed E-state index contributed by atoms with van der Waals surface area (Å²) in [6.07, 6.45) is 3.09. The number of carbonyl (C=O) groups excluding carboxylic acids is 1. The summed E-state index contributed by atoms with van der Waals surface area (Å²) in [4.78, 5) is 30.0. The Bertz CT molecular complexity index is 625. The first kappa shape index (κ1) is 12.6. The number of hydrogen-bond donors (Lipinski definition) is 1. The number of anilines is 1. The van der Waals surface area contributed by atoms with Crippen LogP contribution in [0.15, 0.2) is 36.7 Å². The number of aromatic nitrogens is 2. The van der Waals surface area contributed by atoms with Gasteiger partial charge in [0.05, 0.1) is 4.92 Å². The van der Waals surface area contributed by atoms with Crippen molar-refractivity contribution in [3.8, 4) is 0 Å². The number of rotatable bonds is 3. The van der Waals surface area contributed by atoms with Crippen LogP contribution in [0.1, 0.15) is 15.9 Å². The smallest absolute Gasteiger partial charge is 0.282 e. The molecule has 0 fully saturated rings. The maximum absolute atomic E-state index is 11.9. The standard InChI is InChI=1S/C12H10N4O3/c1-8-6-13-12(14-7-8)15-11(17)9-4-2-3-5-10(9)16(18)19/h2-7H,1H3,(H,13,14,15,17). The highest BCUT2D eigenvalue weighted by Gasteiger charge is 2.19. The Morgan fingerprint density at radius 1 is 1.26 bits per heavy atom. The summed E-state index contributed by atoms with van der Waals surface area (Å²) < 4.78 is 0. The third-order valence-electron chi connectivity index (χ3n) is 2.35. The van der Waals surface area contributed by atoms with E-state index in [9.17, 15) is 14.9 Å². The van der Waals surface area contributed by atoms with Gasteiger partial charge in [0.15, 0.2) is 0 Å². The summed E-state index contributed by atoms with van der Waals surface area (Å²) in [6.45, 7) is 1.81. The van der Waals surface area contributed by atoms with E-state index < -0.39 is 10.8 Å². The number of aryl methyl sites for hydroxylation is 1. The normalized spacial score (nSPS) is 9.95. The van der Waals surface area contributed by atoms with E-state index in [0.29, 0.717) is 0 Å². The van der Waals surface area contributed by atoms with Gasteiger partial charge in [-0.15, -0.1) is 0 Å². The number of carbonyl (C=O) groups is 1. The van der Waals surface area contributed by atoms with Gasteiger partial charge in [-0.25, -0.2) is 9.97 Å². The fraction of sp³-hybridized carbons (Fsp3) is 0.0833. The van der Waals surface area contributed by atoms with E-state index in [-0.39, 0.29) is 17.2 Å². The van der Waals surface area contributed by atoms with Gasteiger partial charge in [-0.05, 0) is 18.6 Å². The second-order valence-corrected chi connectivity index (χ2v) is 3.81. The van der Waals surface area contributed by atoms with E-state index in [4.69, 9.17) is 0 Å². The maximum Gasteiger partial charge on any atom is 0.282 e. The molecule has 0 saturated carbocycles. The lowest BCUT2D eigenvalue weighted by Crippen LogP contribution is -2.15. The average molecular weight is 258 g/mol. The fourth-order valence-electron chi connectivity index (χ4n) is 1.45. The number of nitrogens with zero attached hydrogens (tertiary/aromatic N) is 3. The van der Waals surface area contributed by atoms with E-state index in [1.54, 1.807) is 18.5 Å². The number of nitrogens with one attached hydrogen (secondary N) is 1. The van der Waals surface area contributed by atoms with Crippen molar-refractivity contribution >= 4 is 17.5 Å². The lowest BCUT2D eigenvalue weighted by atomic mass is 10.1. The summed E-state index contributed by atoms with van der Waals surface area (Å²) in [5, 5.41) is 13.2. The molecule has 7 heteroatoms. The second-order valence-electron chi connectivity index (χ2n) is 3.81. The van der Waals surface area contributed by atoms with Crippen molar-refractivity contribution in [2.75, 3.05) is 5.32 Å². The zero-order valence-electron chi connectivity index (χ0n) is 10.0. The molecule has 19 heavy (non-hydrogen) atoms. The highest BCUT2D eigenvalue weighted by molar-refractivity contribution is 6.06. The molecule has 0 aliphatic heterocycles. The van der Waals surface area contributed by atoms with Crippen molar-refractivity contribution in [3.63, 3.8) is 0 Å². The predicted molar refractivity (Wildman–Crippen MR) is 67.8 cm³/mol. The molecule has 96 valence electrons. The predicted octanol–water partition coefficient (Wildman–Crippen LogP) is 1.95. The van der Waals surface area contributed by atoms with Gasteiger partial charge in [0, 0.05) is 18.5 Å². The Hall–Kier alpha value is -2.83. The van der Waals surface area contributed by atoms with Crippen molar-refractivity contribution in [1.29, 1.82) is 0 Å². The summed E-state index contributed by atoms with van der Waals surface area (Å²) in [6, 6.07) is 5.70. The van der Waals surface area contributed by atoms with Gasteiger partial charge in [-0.3, -0.25) is 20.2 Å². The number of benzene rings is 1. The van der Waals surface area contributed by atoms with E-state index in [2.05, 4.69) is 15.3 Å². The van der Waals surface area contributed by atoms with Gasteiger partial charge < -0.3 is 0 Å². The quantitative estimate of drug-likeness (QED) is 0.670. The van der Waals surface area contributed by atoms with Crippen molar-refractivity contribution in [3.05, 3.63) is 57.9 Å². The van der Waals surface area contributed by atoms with Crippen LogP contribution in [0.4, 0.5) is 11.6 Å². The van der Waals surface area contributed by atoms with Crippen LogP contribution in [0.5, 0.6) is 0 Å². The van der Waals surface area contributed by atoms with Crippen LogP contribution in [-0.2, 0) is 0 Å². The number of nitro groups is 1. The Morgan fingerprint density at radius 2 is 1.89 bits per heavy atom. The first-order valence-corrected chi connectivity index (χ1v) is 5.41. The molecule has 0 saturated heterocycles. The van der Waals surface area contributed by atoms with Crippen LogP contribution < -0.4 is 5.32 Å². The molecule has 1 aromatic heterocycles. The zero-order valence-corrected chi connectivity index (χ0v) is 10.0. The molecule has 0 spiro atoms. The molecule has 2 aromatic rings. The molecule has 0 atom stereocenters. The molecule has 0 radical (unpaired) electrons. The lowest BCUT2D eigenvalue weighted by molar-refractivity contribution is -0.385. The van der Waals surface area contributed by atoms with E-state index >= 15 is 0 Å². The molecule has 2 rings (SSSR count). The van der Waals surface area contributed by atoms with E-state index in [1.807, 2.05) is 6.92 Å². The number of nitro benzene ring substituents is 1. The molecule has 1 aromatic carbocycles. The van der Waals surface area contributed by atoms with Gasteiger partial charge in [0.2, 0.25) is 5.95 Å². The molecule has 1 amide bonds. The molecular formula is C12H10N4O3. The molecular weight excluding hydrogens is 248 g/mol. The van der Waals surface area contributed by atoms with Crippen LogP contribution in [0, 0.1) is 17.0 Å². The van der Waals surface area contributed by atoms with Crippen molar-refractivity contribution in [1.82, 2.24) is 9.97 Å². The van der Waals surface area contributed by atoms with Gasteiger partial charge in [0.1, 0.15) is 5.56 Å². The summed E-state index contributed by atoms with van der Waals surface area (Å²) >= 11 is 0. The molecule has 0 unspecified atom stereocenters. The largest absolute Gasteiger partial charge is 0.290 e. The van der Waals surface area contributed by atoms with Crippen LogP contribution >= 0.6 is 0 Å². The third kappa shape index (κ3) is 2.89. The van der Waals surface area contributed by atoms with Crippen molar-refractivity contribution in [2.24, 2.45) is 0 Å². The lowest BCUT2D eigenvalue weighted by Gasteiger charge is -2.04. The first-order valence-electron chi connectivity index (χ1n) is 5.41. The first-order chi connectivity index (χ1) is 9.08. The summed E-state index contributed by atoms with van der Waals surface area (Å²) in [5.41, 5.74) is 0.562.